The Hall–Kier alpha value is -0.943. The van der Waals surface area contributed by atoms with Crippen LogP contribution in [0.3, 0.4) is 0 Å². The van der Waals surface area contributed by atoms with Gasteiger partial charge in [-0.3, -0.25) is 9.00 Å². The fourth-order valence-electron chi connectivity index (χ4n) is 2.98. The number of carbonyl (C=O) groups is 1. The highest BCUT2D eigenvalue weighted by atomic mass is 32.2. The van der Waals surface area contributed by atoms with Gasteiger partial charge in [0.2, 0.25) is 0 Å². The first-order valence-corrected chi connectivity index (χ1v) is 13.3. The molecule has 1 aliphatic rings. The summed E-state index contributed by atoms with van der Waals surface area (Å²) in [4.78, 5) is 12.9. The highest BCUT2D eigenvalue weighted by Crippen LogP contribution is 2.47. The van der Waals surface area contributed by atoms with Crippen molar-refractivity contribution in [3.8, 4) is 0 Å². The standard InChI is InChI=1S/C18H28O3SSi/c1-6-21-18(19)16-11-15(16)17(12-23(3,4)5)22(20)14-9-7-13(2)8-10-14/h7-10,15-17H,6,11-12H2,1-5H3/t15-,16+,17-,22?/m0/s1. The SMILES string of the molecule is CCOC(=O)[C@@H]1C[C@@H]1[C@H](C[Si](C)(C)C)S(=O)c1ccc(C)cc1. The van der Waals surface area contributed by atoms with Gasteiger partial charge in [-0.2, -0.15) is 0 Å². The Bertz CT molecular complexity index is 577. The second kappa shape index (κ2) is 7.30. The molecule has 0 bridgehead atoms. The van der Waals surface area contributed by atoms with Gasteiger partial charge in [-0.25, -0.2) is 0 Å². The highest BCUT2D eigenvalue weighted by molar-refractivity contribution is 7.85. The first-order valence-electron chi connectivity index (χ1n) is 8.37. The largest absolute Gasteiger partial charge is 0.466 e. The number of hydrogen-bond acceptors (Lipinski definition) is 3. The molecule has 2 rings (SSSR count). The van der Waals surface area contributed by atoms with Gasteiger partial charge in [0, 0.05) is 18.2 Å². The summed E-state index contributed by atoms with van der Waals surface area (Å²) in [6, 6.07) is 8.92. The van der Waals surface area contributed by atoms with E-state index >= 15 is 0 Å². The van der Waals surface area contributed by atoms with Gasteiger partial charge in [-0.1, -0.05) is 37.3 Å². The molecule has 0 spiro atoms. The molecule has 3 nitrogen and oxygen atoms in total. The molecule has 1 saturated carbocycles. The Balaban J connectivity index is 2.17. The van der Waals surface area contributed by atoms with Gasteiger partial charge in [0.25, 0.3) is 0 Å². The average Bonchev–Trinajstić information content (AvgIpc) is 3.24. The van der Waals surface area contributed by atoms with Crippen molar-refractivity contribution in [3.63, 3.8) is 0 Å². The van der Waals surface area contributed by atoms with Crippen LogP contribution >= 0.6 is 0 Å². The van der Waals surface area contributed by atoms with Crippen LogP contribution in [0.15, 0.2) is 29.2 Å². The van der Waals surface area contributed by atoms with Gasteiger partial charge in [-0.05, 0) is 44.4 Å². The Kier molecular flexibility index (Phi) is 5.84. The zero-order valence-electron chi connectivity index (χ0n) is 14.8. The molecule has 1 aliphatic carbocycles. The molecule has 5 heteroatoms. The summed E-state index contributed by atoms with van der Waals surface area (Å²) in [5.74, 6) is 0.0487. The molecule has 1 unspecified atom stereocenters. The summed E-state index contributed by atoms with van der Waals surface area (Å²) in [5, 5.41) is 0.0683. The Labute approximate surface area is 143 Å². The summed E-state index contributed by atoms with van der Waals surface area (Å²) < 4.78 is 18.3. The van der Waals surface area contributed by atoms with E-state index in [0.29, 0.717) is 6.61 Å². The first-order chi connectivity index (χ1) is 10.7. The molecule has 0 saturated heterocycles. The van der Waals surface area contributed by atoms with E-state index in [-0.39, 0.29) is 23.1 Å². The van der Waals surface area contributed by atoms with Crippen LogP contribution in [0, 0.1) is 18.8 Å². The zero-order valence-corrected chi connectivity index (χ0v) is 16.6. The van der Waals surface area contributed by atoms with Crippen LogP contribution in [-0.4, -0.2) is 30.1 Å². The van der Waals surface area contributed by atoms with Gasteiger partial charge in [0.1, 0.15) is 0 Å². The molecule has 0 radical (unpaired) electrons. The van der Waals surface area contributed by atoms with E-state index in [0.717, 1.165) is 17.4 Å². The number of esters is 1. The molecule has 4 atom stereocenters. The van der Waals surface area contributed by atoms with E-state index < -0.39 is 18.9 Å². The lowest BCUT2D eigenvalue weighted by Gasteiger charge is -2.24. The number of ether oxygens (including phenoxy) is 1. The van der Waals surface area contributed by atoms with Crippen LogP contribution < -0.4 is 0 Å². The predicted octanol–water partition coefficient (Wildman–Crippen LogP) is 4.01. The van der Waals surface area contributed by atoms with Crippen molar-refractivity contribution in [2.75, 3.05) is 6.61 Å². The van der Waals surface area contributed by atoms with Gasteiger partial charge in [-0.15, -0.1) is 0 Å². The smallest absolute Gasteiger partial charge is 0.309 e. The molecule has 0 aliphatic heterocycles. The van der Waals surface area contributed by atoms with E-state index in [1.54, 1.807) is 0 Å². The van der Waals surface area contributed by atoms with Crippen molar-refractivity contribution in [1.82, 2.24) is 0 Å². The lowest BCUT2D eigenvalue weighted by atomic mass is 10.2. The minimum absolute atomic E-state index is 0.0503. The van der Waals surface area contributed by atoms with E-state index in [1.165, 1.54) is 5.56 Å². The van der Waals surface area contributed by atoms with Gasteiger partial charge < -0.3 is 4.74 Å². The summed E-state index contributed by atoms with van der Waals surface area (Å²) in [7, 11) is -2.44. The number of carbonyl (C=O) groups excluding carboxylic acids is 1. The normalized spacial score (nSPS) is 23.2. The first kappa shape index (κ1) is 18.4. The quantitative estimate of drug-likeness (QED) is 0.550. The third kappa shape index (κ3) is 5.01. The monoisotopic (exact) mass is 352 g/mol. The molecule has 128 valence electrons. The number of hydrogen-bond donors (Lipinski definition) is 0. The summed E-state index contributed by atoms with van der Waals surface area (Å²) >= 11 is 0. The van der Waals surface area contributed by atoms with Crippen molar-refractivity contribution in [1.29, 1.82) is 0 Å². The van der Waals surface area contributed by atoms with E-state index in [2.05, 4.69) is 19.6 Å². The van der Waals surface area contributed by atoms with Crippen molar-refractivity contribution in [3.05, 3.63) is 29.8 Å². The van der Waals surface area contributed by atoms with Crippen LogP contribution in [-0.2, 0) is 20.3 Å². The molecular weight excluding hydrogens is 324 g/mol. The number of aryl methyl sites for hydroxylation is 1. The highest BCUT2D eigenvalue weighted by Gasteiger charge is 2.51. The summed E-state index contributed by atoms with van der Waals surface area (Å²) in [6.07, 6.45) is 0.825. The summed E-state index contributed by atoms with van der Waals surface area (Å²) in [6.45, 7) is 11.2. The van der Waals surface area contributed by atoms with Crippen molar-refractivity contribution in [2.24, 2.45) is 11.8 Å². The third-order valence-corrected chi connectivity index (χ3v) is 8.01. The van der Waals surface area contributed by atoms with Crippen LogP contribution in [0.5, 0.6) is 0 Å². The molecule has 1 aromatic carbocycles. The van der Waals surface area contributed by atoms with Gasteiger partial charge in [0.15, 0.2) is 0 Å². The predicted molar refractivity (Wildman–Crippen MR) is 97.8 cm³/mol. The molecular formula is C18H28O3SSi. The van der Waals surface area contributed by atoms with Crippen LogP contribution in [0.4, 0.5) is 0 Å². The van der Waals surface area contributed by atoms with Gasteiger partial charge in [0.05, 0.1) is 23.3 Å². The van der Waals surface area contributed by atoms with E-state index in [4.69, 9.17) is 4.74 Å². The topological polar surface area (TPSA) is 43.4 Å². The fourth-order valence-corrected chi connectivity index (χ4v) is 7.97. The molecule has 0 aromatic heterocycles. The number of rotatable bonds is 7. The Morgan fingerprint density at radius 2 is 1.91 bits per heavy atom. The summed E-state index contributed by atoms with van der Waals surface area (Å²) in [5.41, 5.74) is 1.17. The molecule has 0 N–H and O–H groups in total. The van der Waals surface area contributed by atoms with E-state index in [9.17, 15) is 9.00 Å². The molecule has 0 amide bonds. The molecule has 0 heterocycles. The minimum atomic E-state index is -1.38. The van der Waals surface area contributed by atoms with Crippen LogP contribution in [0.25, 0.3) is 0 Å². The van der Waals surface area contributed by atoms with Crippen molar-refractivity contribution < 1.29 is 13.7 Å². The second-order valence-corrected chi connectivity index (χ2v) is 14.9. The van der Waals surface area contributed by atoms with Gasteiger partial charge >= 0.3 is 5.97 Å². The van der Waals surface area contributed by atoms with Crippen LogP contribution in [0.1, 0.15) is 18.9 Å². The van der Waals surface area contributed by atoms with Crippen molar-refractivity contribution >= 4 is 24.8 Å². The Morgan fingerprint density at radius 1 is 1.30 bits per heavy atom. The molecule has 1 fully saturated rings. The average molecular weight is 353 g/mol. The lowest BCUT2D eigenvalue weighted by molar-refractivity contribution is -0.145. The molecule has 1 aromatic rings. The zero-order chi connectivity index (χ0) is 17.2. The third-order valence-electron chi connectivity index (χ3n) is 4.25. The van der Waals surface area contributed by atoms with Crippen molar-refractivity contribution in [2.45, 2.75) is 56.1 Å². The Morgan fingerprint density at radius 3 is 2.43 bits per heavy atom. The van der Waals surface area contributed by atoms with Crippen LogP contribution in [0.2, 0.25) is 25.7 Å². The second-order valence-electron chi connectivity index (χ2n) is 7.67. The fraction of sp³-hybridized carbons (Fsp3) is 0.611. The number of benzene rings is 1. The van der Waals surface area contributed by atoms with E-state index in [1.807, 2.05) is 38.1 Å². The maximum atomic E-state index is 13.1. The molecule has 23 heavy (non-hydrogen) atoms. The lowest BCUT2D eigenvalue weighted by Crippen LogP contribution is -2.32. The minimum Gasteiger partial charge on any atom is -0.466 e. The maximum absolute atomic E-state index is 13.1. The maximum Gasteiger partial charge on any atom is 0.309 e.